The largest absolute Gasteiger partial charge is 0.354 e. The van der Waals surface area contributed by atoms with Crippen LogP contribution in [0.25, 0.3) is 0 Å². The van der Waals surface area contributed by atoms with E-state index in [1.165, 1.54) is 6.92 Å². The van der Waals surface area contributed by atoms with Crippen molar-refractivity contribution in [3.05, 3.63) is 0 Å². The average Bonchev–Trinajstić information content (AvgIpc) is 2.20. The highest BCUT2D eigenvalue weighted by molar-refractivity contribution is 5.96. The highest BCUT2D eigenvalue weighted by atomic mass is 16.2. The highest BCUT2D eigenvalue weighted by Crippen LogP contribution is 1.97. The molecule has 5 nitrogen and oxygen atoms in total. The van der Waals surface area contributed by atoms with E-state index < -0.39 is 0 Å². The summed E-state index contributed by atoms with van der Waals surface area (Å²) in [5.74, 6) is -0.251. The quantitative estimate of drug-likeness (QED) is 0.633. The van der Waals surface area contributed by atoms with Gasteiger partial charge in [-0.3, -0.25) is 14.5 Å². The summed E-state index contributed by atoms with van der Waals surface area (Å²) in [6.45, 7) is 7.22. The van der Waals surface area contributed by atoms with Crippen LogP contribution in [-0.4, -0.2) is 67.8 Å². The van der Waals surface area contributed by atoms with Gasteiger partial charge in [0.15, 0.2) is 0 Å². The molecule has 5 heteroatoms. The number of piperazine rings is 1. The van der Waals surface area contributed by atoms with Gasteiger partial charge in [-0.15, -0.1) is 0 Å². The highest BCUT2D eigenvalue weighted by Gasteiger charge is 2.13. The third-order valence-electron chi connectivity index (χ3n) is 2.76. The van der Waals surface area contributed by atoms with Crippen LogP contribution in [0.5, 0.6) is 0 Å². The fraction of sp³-hybridized carbons (Fsp3) is 0.818. The molecule has 0 radical (unpaired) electrons. The summed E-state index contributed by atoms with van der Waals surface area (Å²) in [5.41, 5.74) is 0. The van der Waals surface area contributed by atoms with Crippen molar-refractivity contribution in [1.29, 1.82) is 0 Å². The van der Waals surface area contributed by atoms with Crippen molar-refractivity contribution in [3.8, 4) is 0 Å². The summed E-state index contributed by atoms with van der Waals surface area (Å²) in [4.78, 5) is 26.5. The van der Waals surface area contributed by atoms with Gasteiger partial charge in [0.25, 0.3) is 0 Å². The van der Waals surface area contributed by atoms with Crippen molar-refractivity contribution < 1.29 is 9.59 Å². The molecule has 1 saturated heterocycles. The maximum Gasteiger partial charge on any atom is 0.227 e. The molecule has 0 atom stereocenters. The van der Waals surface area contributed by atoms with Crippen LogP contribution in [0.2, 0.25) is 0 Å². The second-order valence-corrected chi connectivity index (χ2v) is 4.37. The fourth-order valence-electron chi connectivity index (χ4n) is 1.71. The van der Waals surface area contributed by atoms with Crippen molar-refractivity contribution in [3.63, 3.8) is 0 Å². The molecule has 0 spiro atoms. The minimum atomic E-state index is -0.165. The summed E-state index contributed by atoms with van der Waals surface area (Å²) in [6.07, 6.45) is 0.00272. The minimum absolute atomic E-state index is 0.00272. The predicted molar refractivity (Wildman–Crippen MR) is 62.2 cm³/mol. The zero-order chi connectivity index (χ0) is 12.0. The summed E-state index contributed by atoms with van der Waals surface area (Å²) in [5, 5.41) is 2.76. The Hall–Kier alpha value is -0.940. The number of hydrogen-bond donors (Lipinski definition) is 1. The van der Waals surface area contributed by atoms with Gasteiger partial charge in [-0.25, -0.2) is 0 Å². The van der Waals surface area contributed by atoms with E-state index in [4.69, 9.17) is 0 Å². The Kier molecular flexibility index (Phi) is 5.42. The number of hydrogen-bond acceptors (Lipinski definition) is 4. The van der Waals surface area contributed by atoms with E-state index in [0.717, 1.165) is 32.7 Å². The molecule has 0 aromatic heterocycles. The Morgan fingerprint density at radius 1 is 1.19 bits per heavy atom. The normalized spacial score (nSPS) is 18.4. The fourth-order valence-corrected chi connectivity index (χ4v) is 1.71. The van der Waals surface area contributed by atoms with Crippen molar-refractivity contribution in [2.24, 2.45) is 0 Å². The van der Waals surface area contributed by atoms with Crippen molar-refractivity contribution in [1.82, 2.24) is 15.1 Å². The van der Waals surface area contributed by atoms with Crippen LogP contribution >= 0.6 is 0 Å². The van der Waals surface area contributed by atoms with E-state index in [-0.39, 0.29) is 18.1 Å². The molecule has 1 aliphatic rings. The standard InChI is InChI=1S/C11H21N3O2/c1-10(15)9-11(16)12-3-4-14-7-5-13(2)6-8-14/h3-9H2,1-2H3,(H,12,16). The first-order valence-corrected chi connectivity index (χ1v) is 5.75. The number of ketones is 1. The third kappa shape index (κ3) is 5.23. The molecule has 1 N–H and O–H groups in total. The maximum absolute atomic E-state index is 11.2. The second-order valence-electron chi connectivity index (χ2n) is 4.37. The molecule has 1 fully saturated rings. The molecular weight excluding hydrogens is 206 g/mol. The van der Waals surface area contributed by atoms with E-state index in [1.807, 2.05) is 0 Å². The van der Waals surface area contributed by atoms with Crippen LogP contribution < -0.4 is 5.32 Å². The molecule has 92 valence electrons. The summed E-state index contributed by atoms with van der Waals surface area (Å²) < 4.78 is 0. The second kappa shape index (κ2) is 6.60. The number of rotatable bonds is 5. The molecule has 1 aliphatic heterocycles. The molecule has 16 heavy (non-hydrogen) atoms. The lowest BCUT2D eigenvalue weighted by atomic mass is 10.3. The lowest BCUT2D eigenvalue weighted by Gasteiger charge is -2.32. The molecule has 1 rings (SSSR count). The number of likely N-dealkylation sites (N-methyl/N-ethyl adjacent to an activating group) is 1. The van der Waals surface area contributed by atoms with Gasteiger partial charge in [0.1, 0.15) is 5.78 Å². The topological polar surface area (TPSA) is 52.7 Å². The molecule has 0 unspecified atom stereocenters. The lowest BCUT2D eigenvalue weighted by Crippen LogP contribution is -2.47. The number of Topliss-reactive ketones (excluding diaryl/α,β-unsaturated/α-hetero) is 1. The van der Waals surface area contributed by atoms with Gasteiger partial charge in [0, 0.05) is 39.3 Å². The van der Waals surface area contributed by atoms with Crippen LogP contribution in [0.1, 0.15) is 13.3 Å². The molecular formula is C11H21N3O2. The van der Waals surface area contributed by atoms with Gasteiger partial charge in [-0.2, -0.15) is 0 Å². The zero-order valence-electron chi connectivity index (χ0n) is 10.2. The van der Waals surface area contributed by atoms with Crippen molar-refractivity contribution >= 4 is 11.7 Å². The third-order valence-corrected chi connectivity index (χ3v) is 2.76. The van der Waals surface area contributed by atoms with Crippen LogP contribution in [0.15, 0.2) is 0 Å². The van der Waals surface area contributed by atoms with E-state index in [1.54, 1.807) is 0 Å². The first-order chi connectivity index (χ1) is 7.58. The Balaban J connectivity index is 2.07. The van der Waals surface area contributed by atoms with E-state index >= 15 is 0 Å². The van der Waals surface area contributed by atoms with Crippen LogP contribution in [0, 0.1) is 0 Å². The Bertz CT molecular complexity index is 248. The van der Waals surface area contributed by atoms with Gasteiger partial charge in [0.2, 0.25) is 5.91 Å². The molecule has 1 amide bonds. The van der Waals surface area contributed by atoms with Gasteiger partial charge in [-0.1, -0.05) is 0 Å². The van der Waals surface area contributed by atoms with Crippen molar-refractivity contribution in [2.75, 3.05) is 46.3 Å². The zero-order valence-corrected chi connectivity index (χ0v) is 10.2. The molecule has 1 heterocycles. The molecule has 0 aliphatic carbocycles. The summed E-state index contributed by atoms with van der Waals surface area (Å²) in [6, 6.07) is 0. The summed E-state index contributed by atoms with van der Waals surface area (Å²) in [7, 11) is 2.12. The number of carbonyl (C=O) groups excluding carboxylic acids is 2. The van der Waals surface area contributed by atoms with Crippen LogP contribution in [0.4, 0.5) is 0 Å². The van der Waals surface area contributed by atoms with Gasteiger partial charge in [0.05, 0.1) is 6.42 Å². The molecule has 0 saturated carbocycles. The lowest BCUT2D eigenvalue weighted by molar-refractivity contribution is -0.127. The minimum Gasteiger partial charge on any atom is -0.354 e. The summed E-state index contributed by atoms with van der Waals surface area (Å²) >= 11 is 0. The van der Waals surface area contributed by atoms with Gasteiger partial charge >= 0.3 is 0 Å². The van der Waals surface area contributed by atoms with Crippen LogP contribution in [-0.2, 0) is 9.59 Å². The Morgan fingerprint density at radius 2 is 1.81 bits per heavy atom. The molecule has 0 aromatic carbocycles. The Labute approximate surface area is 96.8 Å². The van der Waals surface area contributed by atoms with Crippen molar-refractivity contribution in [2.45, 2.75) is 13.3 Å². The SMILES string of the molecule is CC(=O)CC(=O)NCCN1CCN(C)CC1. The van der Waals surface area contributed by atoms with Gasteiger partial charge < -0.3 is 10.2 Å². The monoisotopic (exact) mass is 227 g/mol. The smallest absolute Gasteiger partial charge is 0.227 e. The van der Waals surface area contributed by atoms with E-state index in [0.29, 0.717) is 6.54 Å². The average molecular weight is 227 g/mol. The first kappa shape index (κ1) is 13.1. The van der Waals surface area contributed by atoms with Gasteiger partial charge in [-0.05, 0) is 14.0 Å². The van der Waals surface area contributed by atoms with E-state index in [9.17, 15) is 9.59 Å². The molecule has 0 aromatic rings. The number of nitrogens with one attached hydrogen (secondary N) is 1. The molecule has 0 bridgehead atoms. The van der Waals surface area contributed by atoms with Crippen LogP contribution in [0.3, 0.4) is 0 Å². The predicted octanol–water partition coefficient (Wildman–Crippen LogP) is -0.671. The number of nitrogens with zero attached hydrogens (tertiary/aromatic N) is 2. The van der Waals surface area contributed by atoms with E-state index in [2.05, 4.69) is 22.2 Å². The maximum atomic E-state index is 11.2. The Morgan fingerprint density at radius 3 is 2.38 bits per heavy atom. The number of amides is 1. The number of carbonyl (C=O) groups is 2. The first-order valence-electron chi connectivity index (χ1n) is 5.75.